The molecule has 6 heteroatoms. The van der Waals surface area contributed by atoms with Crippen molar-refractivity contribution in [2.75, 3.05) is 19.5 Å². The number of anilines is 1. The molecule has 6 nitrogen and oxygen atoms in total. The highest BCUT2D eigenvalue weighted by Crippen LogP contribution is 2.25. The van der Waals surface area contributed by atoms with E-state index < -0.39 is 6.10 Å². The predicted octanol–water partition coefficient (Wildman–Crippen LogP) is 2.15. The first-order valence-electron chi connectivity index (χ1n) is 8.47. The molecule has 0 amide bonds. The van der Waals surface area contributed by atoms with Crippen LogP contribution in [0, 0.1) is 0 Å². The summed E-state index contributed by atoms with van der Waals surface area (Å²) in [5, 5.41) is 10.5. The first-order chi connectivity index (χ1) is 12.7. The number of ether oxygens (including phenoxy) is 2. The summed E-state index contributed by atoms with van der Waals surface area (Å²) in [6.45, 7) is 4.85. The van der Waals surface area contributed by atoms with Gasteiger partial charge in [-0.2, -0.15) is 0 Å². The number of aliphatic hydroxyl groups excluding tert-OH is 1. The minimum atomic E-state index is -0.727. The van der Waals surface area contributed by atoms with Crippen LogP contribution in [0.4, 0.5) is 5.95 Å². The number of aliphatic hydroxyl groups is 1. The van der Waals surface area contributed by atoms with Crippen molar-refractivity contribution in [2.24, 2.45) is 0 Å². The van der Waals surface area contributed by atoms with E-state index in [1.54, 1.807) is 13.2 Å². The molecule has 3 aromatic rings. The van der Waals surface area contributed by atoms with Crippen molar-refractivity contribution in [3.05, 3.63) is 61.2 Å². The van der Waals surface area contributed by atoms with Crippen molar-refractivity contribution < 1.29 is 19.1 Å². The molecular weight excluding hydrogens is 330 g/mol. The SMILES string of the molecule is C=CCn1c(N)[n+](CC(O)COc2ccccc2OC)c2ccccc21. The van der Waals surface area contributed by atoms with Gasteiger partial charge in [0.15, 0.2) is 11.5 Å². The lowest BCUT2D eigenvalue weighted by Gasteiger charge is -2.14. The van der Waals surface area contributed by atoms with Crippen molar-refractivity contribution in [1.82, 2.24) is 4.57 Å². The molecule has 0 aliphatic carbocycles. The van der Waals surface area contributed by atoms with Crippen LogP contribution >= 0.6 is 0 Å². The highest BCUT2D eigenvalue weighted by molar-refractivity contribution is 5.73. The largest absolute Gasteiger partial charge is 0.493 e. The average molecular weight is 354 g/mol. The summed E-state index contributed by atoms with van der Waals surface area (Å²) in [5.41, 5.74) is 8.27. The van der Waals surface area contributed by atoms with Crippen LogP contribution in [-0.2, 0) is 13.1 Å². The fourth-order valence-electron chi connectivity index (χ4n) is 3.01. The van der Waals surface area contributed by atoms with Gasteiger partial charge in [0, 0.05) is 0 Å². The van der Waals surface area contributed by atoms with E-state index in [1.165, 1.54) is 0 Å². The average Bonchev–Trinajstić information content (AvgIpc) is 2.93. The first kappa shape index (κ1) is 17.8. The van der Waals surface area contributed by atoms with E-state index in [1.807, 2.05) is 57.7 Å². The first-order valence-corrected chi connectivity index (χ1v) is 8.47. The van der Waals surface area contributed by atoms with Gasteiger partial charge in [-0.25, -0.2) is 9.13 Å². The van der Waals surface area contributed by atoms with E-state index in [0.29, 0.717) is 30.5 Å². The standard InChI is InChI=1S/C20H23N3O3/c1-3-12-22-16-8-4-5-9-17(16)23(20(22)21)13-15(24)14-26-19-11-7-6-10-18(19)25-2/h3-11,15,21,24H,1,12-14H2,2H3/p+1. The third-order valence-corrected chi connectivity index (χ3v) is 4.22. The van der Waals surface area contributed by atoms with Crippen LogP contribution in [-0.4, -0.2) is 29.5 Å². The Morgan fingerprint density at radius 2 is 1.88 bits per heavy atom. The number of nitrogens with zero attached hydrogens (tertiary/aromatic N) is 2. The molecule has 0 aliphatic heterocycles. The third-order valence-electron chi connectivity index (χ3n) is 4.22. The van der Waals surface area contributed by atoms with E-state index in [9.17, 15) is 5.11 Å². The normalized spacial score (nSPS) is 12.1. The number of imidazole rings is 1. The maximum absolute atomic E-state index is 10.5. The lowest BCUT2D eigenvalue weighted by atomic mass is 10.3. The minimum Gasteiger partial charge on any atom is -0.493 e. The molecular formula is C20H24N3O3+. The maximum atomic E-state index is 10.5. The van der Waals surface area contributed by atoms with Crippen LogP contribution in [0.5, 0.6) is 11.5 Å². The second-order valence-electron chi connectivity index (χ2n) is 5.97. The van der Waals surface area contributed by atoms with E-state index in [4.69, 9.17) is 15.2 Å². The molecule has 3 N–H and O–H groups in total. The Hall–Kier alpha value is -2.99. The number of allylic oxidation sites excluding steroid dienone is 1. The van der Waals surface area contributed by atoms with Crippen LogP contribution in [0.2, 0.25) is 0 Å². The van der Waals surface area contributed by atoms with Crippen molar-refractivity contribution in [1.29, 1.82) is 0 Å². The van der Waals surface area contributed by atoms with E-state index in [-0.39, 0.29) is 6.61 Å². The maximum Gasteiger partial charge on any atom is 0.356 e. The molecule has 136 valence electrons. The molecule has 0 spiro atoms. The Bertz CT molecular complexity index is 904. The van der Waals surface area contributed by atoms with Crippen LogP contribution in [0.1, 0.15) is 0 Å². The number of hydrogen-bond acceptors (Lipinski definition) is 4. The summed E-state index contributed by atoms with van der Waals surface area (Å²) in [6.07, 6.45) is 1.07. The Balaban J connectivity index is 1.78. The lowest BCUT2D eigenvalue weighted by Crippen LogP contribution is -2.43. The zero-order chi connectivity index (χ0) is 18.5. The van der Waals surface area contributed by atoms with Gasteiger partial charge in [0.2, 0.25) is 0 Å². The molecule has 0 saturated carbocycles. The van der Waals surface area contributed by atoms with Gasteiger partial charge >= 0.3 is 5.95 Å². The summed E-state index contributed by atoms with van der Waals surface area (Å²) in [5.74, 6) is 1.80. The lowest BCUT2D eigenvalue weighted by molar-refractivity contribution is -0.665. The number of hydrogen-bond donors (Lipinski definition) is 2. The summed E-state index contributed by atoms with van der Waals surface area (Å²) in [6, 6.07) is 15.3. The number of fused-ring (bicyclic) bond motifs is 1. The molecule has 0 fully saturated rings. The molecule has 26 heavy (non-hydrogen) atoms. The van der Waals surface area contributed by atoms with Gasteiger partial charge in [-0.3, -0.25) is 5.73 Å². The highest BCUT2D eigenvalue weighted by atomic mass is 16.5. The number of para-hydroxylation sites is 4. The van der Waals surface area contributed by atoms with Crippen LogP contribution < -0.4 is 19.8 Å². The number of nitrogens with two attached hydrogens (primary N) is 1. The topological polar surface area (TPSA) is 73.5 Å². The van der Waals surface area contributed by atoms with Gasteiger partial charge in [-0.15, -0.1) is 0 Å². The van der Waals surface area contributed by atoms with E-state index in [0.717, 1.165) is 11.0 Å². The number of benzene rings is 2. The Labute approximate surface area is 152 Å². The molecule has 3 rings (SSSR count). The third kappa shape index (κ3) is 3.50. The van der Waals surface area contributed by atoms with Crippen molar-refractivity contribution in [3.8, 4) is 11.5 Å². The van der Waals surface area contributed by atoms with Gasteiger partial charge in [0.1, 0.15) is 30.3 Å². The summed E-state index contributed by atoms with van der Waals surface area (Å²) in [4.78, 5) is 0. The Morgan fingerprint density at radius 1 is 1.19 bits per heavy atom. The minimum absolute atomic E-state index is 0.133. The monoisotopic (exact) mass is 354 g/mol. The molecule has 0 aliphatic rings. The molecule has 0 saturated heterocycles. The Morgan fingerprint density at radius 3 is 2.62 bits per heavy atom. The van der Waals surface area contributed by atoms with Crippen LogP contribution in [0.25, 0.3) is 11.0 Å². The molecule has 0 radical (unpaired) electrons. The van der Waals surface area contributed by atoms with Crippen molar-refractivity contribution in [3.63, 3.8) is 0 Å². The smallest absolute Gasteiger partial charge is 0.356 e. The zero-order valence-electron chi connectivity index (χ0n) is 14.8. The Kier molecular flexibility index (Phi) is 5.43. The fourth-order valence-corrected chi connectivity index (χ4v) is 3.01. The number of nitrogen functional groups attached to an aromatic ring is 1. The van der Waals surface area contributed by atoms with Gasteiger partial charge < -0.3 is 14.6 Å². The zero-order valence-corrected chi connectivity index (χ0v) is 14.8. The van der Waals surface area contributed by atoms with Crippen LogP contribution in [0.15, 0.2) is 61.2 Å². The molecule has 2 aromatic carbocycles. The number of aromatic nitrogens is 2. The summed E-state index contributed by atoms with van der Waals surface area (Å²) < 4.78 is 14.8. The second kappa shape index (κ2) is 7.93. The van der Waals surface area contributed by atoms with E-state index in [2.05, 4.69) is 6.58 Å². The molecule has 1 heterocycles. The molecule has 1 unspecified atom stereocenters. The predicted molar refractivity (Wildman–Crippen MR) is 101 cm³/mol. The van der Waals surface area contributed by atoms with Crippen molar-refractivity contribution in [2.45, 2.75) is 19.2 Å². The quantitative estimate of drug-likeness (QED) is 0.480. The van der Waals surface area contributed by atoms with Gasteiger partial charge in [-0.05, 0) is 24.3 Å². The van der Waals surface area contributed by atoms with Crippen LogP contribution in [0.3, 0.4) is 0 Å². The highest BCUT2D eigenvalue weighted by Gasteiger charge is 2.22. The summed E-state index contributed by atoms with van der Waals surface area (Å²) >= 11 is 0. The summed E-state index contributed by atoms with van der Waals surface area (Å²) in [7, 11) is 1.59. The molecule has 1 aromatic heterocycles. The molecule has 0 bridgehead atoms. The van der Waals surface area contributed by atoms with Gasteiger partial charge in [-0.1, -0.05) is 36.9 Å². The van der Waals surface area contributed by atoms with E-state index >= 15 is 0 Å². The van der Waals surface area contributed by atoms with Gasteiger partial charge in [0.25, 0.3) is 0 Å². The van der Waals surface area contributed by atoms with Gasteiger partial charge in [0.05, 0.1) is 13.7 Å². The second-order valence-corrected chi connectivity index (χ2v) is 5.97. The molecule has 1 atom stereocenters. The van der Waals surface area contributed by atoms with Crippen molar-refractivity contribution >= 4 is 17.0 Å². The number of methoxy groups -OCH3 is 1. The number of rotatable bonds is 8. The fraction of sp³-hybridized carbons (Fsp3) is 0.250.